The third-order valence-corrected chi connectivity index (χ3v) is 6.86. The third kappa shape index (κ3) is 4.02. The summed E-state index contributed by atoms with van der Waals surface area (Å²) in [5.74, 6) is 1.83. The van der Waals surface area contributed by atoms with Gasteiger partial charge in [0.25, 0.3) is 5.91 Å². The molecule has 2 aliphatic rings. The smallest absolute Gasteiger partial charge is 0.254 e. The average molecular weight is 425 g/mol. The van der Waals surface area contributed by atoms with Crippen LogP contribution in [0.3, 0.4) is 0 Å². The fourth-order valence-corrected chi connectivity index (χ4v) is 5.16. The van der Waals surface area contributed by atoms with Gasteiger partial charge in [0, 0.05) is 49.5 Å². The van der Waals surface area contributed by atoms with Crippen molar-refractivity contribution in [3.05, 3.63) is 52.8 Å². The molecule has 3 aromatic rings. The summed E-state index contributed by atoms with van der Waals surface area (Å²) in [6.45, 7) is 2.23. The minimum absolute atomic E-state index is 0.132. The Morgan fingerprint density at radius 3 is 2.97 bits per heavy atom. The van der Waals surface area contributed by atoms with Crippen LogP contribution in [0.25, 0.3) is 11.4 Å². The van der Waals surface area contributed by atoms with Gasteiger partial charge in [0.05, 0.1) is 11.2 Å². The Hall–Kier alpha value is -2.58. The molecule has 5 rings (SSSR count). The summed E-state index contributed by atoms with van der Waals surface area (Å²) in [5.41, 5.74) is 1.51. The second-order valence-corrected chi connectivity index (χ2v) is 8.93. The molecule has 2 aliphatic heterocycles. The maximum Gasteiger partial charge on any atom is 0.254 e. The van der Waals surface area contributed by atoms with Crippen LogP contribution in [0.2, 0.25) is 0 Å². The number of aromatic nitrogens is 3. The summed E-state index contributed by atoms with van der Waals surface area (Å²) in [6, 6.07) is 5.69. The Morgan fingerprint density at radius 1 is 1.30 bits per heavy atom. The van der Waals surface area contributed by atoms with Gasteiger partial charge in [-0.3, -0.25) is 9.78 Å². The topological polar surface area (TPSA) is 81.4 Å². The number of carbonyl (C=O) groups excluding carboxylic acids is 1. The van der Waals surface area contributed by atoms with Crippen molar-refractivity contribution in [1.82, 2.24) is 20.0 Å². The van der Waals surface area contributed by atoms with E-state index in [1.165, 1.54) is 0 Å². The highest BCUT2D eigenvalue weighted by atomic mass is 32.1. The second kappa shape index (κ2) is 8.28. The molecule has 0 aliphatic carbocycles. The molecule has 2 fully saturated rings. The van der Waals surface area contributed by atoms with Gasteiger partial charge < -0.3 is 14.2 Å². The summed E-state index contributed by atoms with van der Waals surface area (Å²) in [7, 11) is 0. The van der Waals surface area contributed by atoms with Crippen molar-refractivity contribution in [2.75, 3.05) is 19.7 Å². The standard InChI is InChI=1S/C22H24N4O3S/c27-21(18-4-11-30-15-18)26-8-5-22(6-9-26)13-16(3-10-28-22)12-19-24-20(25-29-19)17-2-1-7-23-14-17/h1-2,4,7,11,14-16H,3,5-6,8-10,12-13H2. The molecule has 0 bridgehead atoms. The van der Waals surface area contributed by atoms with E-state index in [0.717, 1.165) is 62.9 Å². The predicted octanol–water partition coefficient (Wildman–Crippen LogP) is 3.84. The molecule has 0 aromatic carbocycles. The van der Waals surface area contributed by atoms with E-state index in [2.05, 4.69) is 15.1 Å². The highest BCUT2D eigenvalue weighted by molar-refractivity contribution is 7.08. The number of carbonyl (C=O) groups is 1. The number of piperidine rings is 1. The molecule has 3 aromatic heterocycles. The number of likely N-dealkylation sites (tertiary alicyclic amines) is 1. The Kier molecular flexibility index (Phi) is 5.35. The number of hydrogen-bond donors (Lipinski definition) is 0. The van der Waals surface area contributed by atoms with Crippen molar-refractivity contribution in [3.63, 3.8) is 0 Å². The van der Waals surface area contributed by atoms with Gasteiger partial charge in [0.15, 0.2) is 0 Å². The van der Waals surface area contributed by atoms with Crippen molar-refractivity contribution in [2.24, 2.45) is 5.92 Å². The summed E-state index contributed by atoms with van der Waals surface area (Å²) < 4.78 is 11.8. The monoisotopic (exact) mass is 424 g/mol. The normalized spacial score (nSPS) is 21.1. The van der Waals surface area contributed by atoms with Crippen molar-refractivity contribution < 1.29 is 14.1 Å². The van der Waals surface area contributed by atoms with Crippen molar-refractivity contribution in [3.8, 4) is 11.4 Å². The Balaban J connectivity index is 1.20. The Bertz CT molecular complexity index is 981. The first-order valence-corrected chi connectivity index (χ1v) is 11.3. The summed E-state index contributed by atoms with van der Waals surface area (Å²) in [6.07, 6.45) is 7.95. The summed E-state index contributed by atoms with van der Waals surface area (Å²) in [4.78, 5) is 23.2. The zero-order chi connectivity index (χ0) is 20.4. The molecule has 0 N–H and O–H groups in total. The number of amides is 1. The van der Waals surface area contributed by atoms with Gasteiger partial charge in [-0.2, -0.15) is 16.3 Å². The van der Waals surface area contributed by atoms with Crippen LogP contribution in [0.15, 0.2) is 45.9 Å². The second-order valence-electron chi connectivity index (χ2n) is 8.15. The molecule has 0 radical (unpaired) electrons. The summed E-state index contributed by atoms with van der Waals surface area (Å²) in [5, 5.41) is 7.98. The zero-order valence-corrected chi connectivity index (χ0v) is 17.5. The molecule has 156 valence electrons. The van der Waals surface area contributed by atoms with Gasteiger partial charge in [-0.1, -0.05) is 5.16 Å². The molecule has 5 heterocycles. The minimum Gasteiger partial charge on any atom is -0.375 e. The van der Waals surface area contributed by atoms with E-state index in [4.69, 9.17) is 9.26 Å². The molecular weight excluding hydrogens is 400 g/mol. The predicted molar refractivity (Wildman–Crippen MR) is 112 cm³/mol. The van der Waals surface area contributed by atoms with Crippen molar-refractivity contribution in [1.29, 1.82) is 0 Å². The van der Waals surface area contributed by atoms with E-state index in [0.29, 0.717) is 17.6 Å². The maximum atomic E-state index is 12.6. The molecular formula is C22H24N4O3S. The van der Waals surface area contributed by atoms with E-state index >= 15 is 0 Å². The van der Waals surface area contributed by atoms with Crippen molar-refractivity contribution >= 4 is 17.2 Å². The van der Waals surface area contributed by atoms with Gasteiger partial charge in [-0.25, -0.2) is 0 Å². The zero-order valence-electron chi connectivity index (χ0n) is 16.7. The maximum absolute atomic E-state index is 12.6. The molecule has 0 saturated carbocycles. The average Bonchev–Trinajstić information content (AvgIpc) is 3.47. The van der Waals surface area contributed by atoms with Crippen LogP contribution in [0, 0.1) is 5.92 Å². The van der Waals surface area contributed by atoms with Crippen LogP contribution in [0.1, 0.15) is 41.9 Å². The van der Waals surface area contributed by atoms with Gasteiger partial charge in [-0.15, -0.1) is 0 Å². The van der Waals surface area contributed by atoms with E-state index in [1.54, 1.807) is 23.7 Å². The lowest BCUT2D eigenvalue weighted by atomic mass is 9.78. The fourth-order valence-electron chi connectivity index (χ4n) is 4.53. The third-order valence-electron chi connectivity index (χ3n) is 6.18. The molecule has 7 nitrogen and oxygen atoms in total. The first-order valence-electron chi connectivity index (χ1n) is 10.4. The van der Waals surface area contributed by atoms with Gasteiger partial charge in [-0.05, 0) is 55.2 Å². The molecule has 8 heteroatoms. The lowest BCUT2D eigenvalue weighted by Gasteiger charge is -2.46. The van der Waals surface area contributed by atoms with E-state index in [1.807, 2.05) is 33.9 Å². The number of rotatable bonds is 4. The van der Waals surface area contributed by atoms with Crippen LogP contribution in [-0.2, 0) is 11.2 Å². The van der Waals surface area contributed by atoms with Crippen molar-refractivity contribution in [2.45, 2.75) is 37.7 Å². The van der Waals surface area contributed by atoms with Gasteiger partial charge in [0.1, 0.15) is 0 Å². The first kappa shape index (κ1) is 19.4. The number of pyridine rings is 1. The van der Waals surface area contributed by atoms with Crippen LogP contribution in [0.4, 0.5) is 0 Å². The molecule has 2 saturated heterocycles. The highest BCUT2D eigenvalue weighted by Crippen LogP contribution is 2.39. The van der Waals surface area contributed by atoms with Crippen LogP contribution >= 0.6 is 11.3 Å². The Labute approximate surface area is 179 Å². The number of thiophene rings is 1. The molecule has 30 heavy (non-hydrogen) atoms. The highest BCUT2D eigenvalue weighted by Gasteiger charge is 2.41. The van der Waals surface area contributed by atoms with Crippen LogP contribution in [0.5, 0.6) is 0 Å². The largest absolute Gasteiger partial charge is 0.375 e. The fraction of sp³-hybridized carbons (Fsp3) is 0.455. The lowest BCUT2D eigenvalue weighted by molar-refractivity contribution is -0.123. The van der Waals surface area contributed by atoms with E-state index in [9.17, 15) is 4.79 Å². The van der Waals surface area contributed by atoms with E-state index < -0.39 is 0 Å². The quantitative estimate of drug-likeness (QED) is 0.633. The molecule has 1 spiro atoms. The number of nitrogens with zero attached hydrogens (tertiary/aromatic N) is 4. The Morgan fingerprint density at radius 2 is 2.20 bits per heavy atom. The van der Waals surface area contributed by atoms with E-state index in [-0.39, 0.29) is 11.5 Å². The number of hydrogen-bond acceptors (Lipinski definition) is 7. The first-order chi connectivity index (χ1) is 14.7. The number of ether oxygens (including phenoxy) is 1. The molecule has 1 amide bonds. The van der Waals surface area contributed by atoms with Crippen LogP contribution in [-0.4, -0.2) is 51.2 Å². The molecule has 1 unspecified atom stereocenters. The van der Waals surface area contributed by atoms with Gasteiger partial charge >= 0.3 is 0 Å². The lowest BCUT2D eigenvalue weighted by Crippen LogP contribution is -2.51. The SMILES string of the molecule is O=C(c1ccsc1)N1CCC2(CC1)CC(Cc1nc(-c3cccnc3)no1)CCO2. The minimum atomic E-state index is -0.138. The summed E-state index contributed by atoms with van der Waals surface area (Å²) >= 11 is 1.56. The molecule has 1 atom stereocenters. The van der Waals surface area contributed by atoms with Gasteiger partial charge in [0.2, 0.25) is 11.7 Å². The van der Waals surface area contributed by atoms with Crippen LogP contribution < -0.4 is 0 Å².